The summed E-state index contributed by atoms with van der Waals surface area (Å²) in [7, 11) is 0. The van der Waals surface area contributed by atoms with Crippen LogP contribution < -0.4 is 0 Å². The number of carboxylic acids is 1. The van der Waals surface area contributed by atoms with Gasteiger partial charge in [0.15, 0.2) is 5.78 Å². The second kappa shape index (κ2) is 5.80. The van der Waals surface area contributed by atoms with Crippen LogP contribution in [0.2, 0.25) is 0 Å². The summed E-state index contributed by atoms with van der Waals surface area (Å²) in [5.74, 6) is -1.07. The summed E-state index contributed by atoms with van der Waals surface area (Å²) in [6.07, 6.45) is 2.09. The van der Waals surface area contributed by atoms with Crippen LogP contribution in [0, 0.1) is 5.41 Å². The number of aryl methyl sites for hydroxylation is 1. The fourth-order valence-electron chi connectivity index (χ4n) is 1.73. The summed E-state index contributed by atoms with van der Waals surface area (Å²) in [5, 5.41) is 9.00. The van der Waals surface area contributed by atoms with Gasteiger partial charge in [-0.1, -0.05) is 37.6 Å². The van der Waals surface area contributed by atoms with Crippen molar-refractivity contribution < 1.29 is 14.7 Å². The molecular formula is C15H20O3. The molecule has 1 rings (SSSR count). The maximum atomic E-state index is 12.0. The number of benzene rings is 1. The Bertz CT molecular complexity index is 430. The first-order chi connectivity index (χ1) is 8.36. The van der Waals surface area contributed by atoms with Crippen LogP contribution in [-0.4, -0.2) is 16.9 Å². The van der Waals surface area contributed by atoms with Crippen molar-refractivity contribution in [3.63, 3.8) is 0 Å². The monoisotopic (exact) mass is 248 g/mol. The molecule has 3 nitrogen and oxygen atoms in total. The molecule has 0 saturated heterocycles. The average Bonchev–Trinajstić information content (AvgIpc) is 2.29. The lowest BCUT2D eigenvalue weighted by Gasteiger charge is -2.17. The Morgan fingerprint density at radius 3 is 2.17 bits per heavy atom. The summed E-state index contributed by atoms with van der Waals surface area (Å²) in [4.78, 5) is 22.9. The summed E-state index contributed by atoms with van der Waals surface area (Å²) in [6, 6.07) is 7.44. The van der Waals surface area contributed by atoms with Gasteiger partial charge >= 0.3 is 5.97 Å². The number of Topliss-reactive ketones (excluding diaryl/α,β-unsaturated/α-hetero) is 1. The van der Waals surface area contributed by atoms with E-state index >= 15 is 0 Å². The zero-order valence-electron chi connectivity index (χ0n) is 11.2. The Kier molecular flexibility index (Phi) is 4.65. The van der Waals surface area contributed by atoms with Crippen LogP contribution in [0.3, 0.4) is 0 Å². The number of aliphatic carboxylic acids is 1. The van der Waals surface area contributed by atoms with Crippen LogP contribution in [0.15, 0.2) is 24.3 Å². The van der Waals surface area contributed by atoms with Gasteiger partial charge in [0, 0.05) is 12.0 Å². The Balaban J connectivity index is 2.76. The third-order valence-corrected chi connectivity index (χ3v) is 3.00. The second-order valence-corrected chi connectivity index (χ2v) is 5.24. The lowest BCUT2D eigenvalue weighted by Crippen LogP contribution is -2.26. The lowest BCUT2D eigenvalue weighted by molar-refractivity contribution is -0.146. The lowest BCUT2D eigenvalue weighted by atomic mass is 9.85. The molecule has 0 heterocycles. The zero-order valence-corrected chi connectivity index (χ0v) is 11.2. The molecule has 3 heteroatoms. The maximum absolute atomic E-state index is 12.0. The van der Waals surface area contributed by atoms with Gasteiger partial charge in [0.1, 0.15) is 0 Å². The van der Waals surface area contributed by atoms with Gasteiger partial charge in [-0.15, -0.1) is 0 Å². The molecule has 1 N–H and O–H groups in total. The fourth-order valence-corrected chi connectivity index (χ4v) is 1.73. The zero-order chi connectivity index (χ0) is 13.8. The summed E-state index contributed by atoms with van der Waals surface area (Å²) in [6.45, 7) is 5.24. The highest BCUT2D eigenvalue weighted by molar-refractivity contribution is 5.98. The van der Waals surface area contributed by atoms with Crippen LogP contribution >= 0.6 is 0 Å². The van der Waals surface area contributed by atoms with Gasteiger partial charge in [0.2, 0.25) is 0 Å². The third-order valence-electron chi connectivity index (χ3n) is 3.00. The normalized spacial score (nSPS) is 11.3. The molecule has 0 aliphatic heterocycles. The minimum Gasteiger partial charge on any atom is -0.481 e. The van der Waals surface area contributed by atoms with E-state index in [1.807, 2.05) is 12.1 Å². The van der Waals surface area contributed by atoms with Crippen LogP contribution in [0.5, 0.6) is 0 Å². The Morgan fingerprint density at radius 2 is 1.72 bits per heavy atom. The van der Waals surface area contributed by atoms with Gasteiger partial charge in [0.05, 0.1) is 5.41 Å². The molecule has 0 amide bonds. The molecule has 98 valence electrons. The standard InChI is InChI=1S/C15H20O3/c1-4-5-11-6-8-12(9-7-11)13(16)10-15(2,3)14(17)18/h6-9H,4-5,10H2,1-3H3,(H,17,18). The Labute approximate surface area is 108 Å². The van der Waals surface area contributed by atoms with Gasteiger partial charge in [0.25, 0.3) is 0 Å². The van der Waals surface area contributed by atoms with Crippen molar-refractivity contribution in [1.29, 1.82) is 0 Å². The minimum atomic E-state index is -1.01. The van der Waals surface area contributed by atoms with Crippen molar-refractivity contribution in [3.8, 4) is 0 Å². The van der Waals surface area contributed by atoms with E-state index in [0.29, 0.717) is 5.56 Å². The van der Waals surface area contributed by atoms with E-state index in [1.54, 1.807) is 26.0 Å². The number of rotatable bonds is 6. The van der Waals surface area contributed by atoms with Gasteiger partial charge in [-0.2, -0.15) is 0 Å². The molecule has 0 spiro atoms. The van der Waals surface area contributed by atoms with Crippen LogP contribution in [0.4, 0.5) is 0 Å². The van der Waals surface area contributed by atoms with Gasteiger partial charge in [-0.05, 0) is 25.8 Å². The predicted octanol–water partition coefficient (Wildman–Crippen LogP) is 3.32. The third kappa shape index (κ3) is 3.69. The molecule has 0 unspecified atom stereocenters. The van der Waals surface area contributed by atoms with Crippen molar-refractivity contribution in [2.24, 2.45) is 5.41 Å². The molecule has 0 radical (unpaired) electrons. The summed E-state index contributed by atoms with van der Waals surface area (Å²) in [5.41, 5.74) is 0.773. The molecule has 0 fully saturated rings. The highest BCUT2D eigenvalue weighted by Gasteiger charge is 2.30. The van der Waals surface area contributed by atoms with E-state index in [0.717, 1.165) is 12.8 Å². The molecule has 0 bridgehead atoms. The number of carbonyl (C=O) groups excluding carboxylic acids is 1. The first kappa shape index (κ1) is 14.4. The fraction of sp³-hybridized carbons (Fsp3) is 0.467. The van der Waals surface area contributed by atoms with Gasteiger partial charge in [-0.3, -0.25) is 9.59 Å². The predicted molar refractivity (Wildman–Crippen MR) is 70.8 cm³/mol. The van der Waals surface area contributed by atoms with E-state index in [1.165, 1.54) is 5.56 Å². The molecule has 0 aromatic heterocycles. The number of hydrogen-bond acceptors (Lipinski definition) is 2. The highest BCUT2D eigenvalue weighted by atomic mass is 16.4. The highest BCUT2D eigenvalue weighted by Crippen LogP contribution is 2.23. The van der Waals surface area contributed by atoms with Crippen LogP contribution in [0.25, 0.3) is 0 Å². The number of carboxylic acid groups (broad SMARTS) is 1. The molecular weight excluding hydrogens is 228 g/mol. The van der Waals surface area contributed by atoms with Crippen LogP contribution in [-0.2, 0) is 11.2 Å². The summed E-state index contributed by atoms with van der Waals surface area (Å²) >= 11 is 0. The topological polar surface area (TPSA) is 54.4 Å². The van der Waals surface area contributed by atoms with Crippen molar-refractivity contribution in [2.45, 2.75) is 40.0 Å². The molecule has 0 atom stereocenters. The van der Waals surface area contributed by atoms with E-state index in [9.17, 15) is 9.59 Å². The number of ketones is 1. The van der Waals surface area contributed by atoms with Crippen molar-refractivity contribution in [1.82, 2.24) is 0 Å². The average molecular weight is 248 g/mol. The Morgan fingerprint density at radius 1 is 1.17 bits per heavy atom. The number of carbonyl (C=O) groups is 2. The molecule has 0 aliphatic carbocycles. The molecule has 0 aliphatic rings. The largest absolute Gasteiger partial charge is 0.481 e. The second-order valence-electron chi connectivity index (χ2n) is 5.24. The summed E-state index contributed by atoms with van der Waals surface area (Å²) < 4.78 is 0. The Hall–Kier alpha value is -1.64. The molecule has 0 saturated carbocycles. The van der Waals surface area contributed by atoms with Crippen molar-refractivity contribution >= 4 is 11.8 Å². The van der Waals surface area contributed by atoms with Crippen LogP contribution in [0.1, 0.15) is 49.5 Å². The minimum absolute atomic E-state index is 0.0233. The van der Waals surface area contributed by atoms with Crippen molar-refractivity contribution in [3.05, 3.63) is 35.4 Å². The molecule has 1 aromatic carbocycles. The maximum Gasteiger partial charge on any atom is 0.309 e. The van der Waals surface area contributed by atoms with E-state index in [2.05, 4.69) is 6.92 Å². The van der Waals surface area contributed by atoms with E-state index < -0.39 is 11.4 Å². The first-order valence-electron chi connectivity index (χ1n) is 6.22. The van der Waals surface area contributed by atoms with Gasteiger partial charge < -0.3 is 5.11 Å². The van der Waals surface area contributed by atoms with E-state index in [4.69, 9.17) is 5.11 Å². The number of hydrogen-bond donors (Lipinski definition) is 1. The van der Waals surface area contributed by atoms with Gasteiger partial charge in [-0.25, -0.2) is 0 Å². The first-order valence-corrected chi connectivity index (χ1v) is 6.22. The molecule has 18 heavy (non-hydrogen) atoms. The van der Waals surface area contributed by atoms with Crippen molar-refractivity contribution in [2.75, 3.05) is 0 Å². The SMILES string of the molecule is CCCc1ccc(C(=O)CC(C)(C)C(=O)O)cc1. The smallest absolute Gasteiger partial charge is 0.309 e. The quantitative estimate of drug-likeness (QED) is 0.786. The molecule has 1 aromatic rings. The van der Waals surface area contributed by atoms with E-state index in [-0.39, 0.29) is 12.2 Å².